The van der Waals surface area contributed by atoms with Crippen LogP contribution in [-0.2, 0) is 16.2 Å². The smallest absolute Gasteiger partial charge is 0.254 e. The molecule has 1 saturated heterocycles. The first-order chi connectivity index (χ1) is 18.6. The molecule has 8 rings (SSSR count). The SMILES string of the molecule is O=C1[C@@H]2C3c4ccccc4C(c4ccccc43)[C@H]2C(=O)N1/N=C\c1cccc(OCc2ccccc2Cl)c1. The van der Waals surface area contributed by atoms with E-state index in [0.717, 1.165) is 38.4 Å². The van der Waals surface area contributed by atoms with E-state index in [4.69, 9.17) is 16.3 Å². The minimum Gasteiger partial charge on any atom is -0.489 e. The van der Waals surface area contributed by atoms with Crippen LogP contribution in [0.1, 0.15) is 45.2 Å². The highest BCUT2D eigenvalue weighted by Gasteiger charge is 2.61. The maximum atomic E-state index is 13.7. The summed E-state index contributed by atoms with van der Waals surface area (Å²) in [6.45, 7) is 0.330. The molecule has 3 aliphatic carbocycles. The van der Waals surface area contributed by atoms with Gasteiger partial charge in [-0.1, -0.05) is 90.5 Å². The van der Waals surface area contributed by atoms with Crippen molar-refractivity contribution in [1.82, 2.24) is 5.01 Å². The summed E-state index contributed by atoms with van der Waals surface area (Å²) in [6.07, 6.45) is 1.55. The van der Waals surface area contributed by atoms with Gasteiger partial charge in [0.1, 0.15) is 12.4 Å². The molecule has 0 spiro atoms. The lowest BCUT2D eigenvalue weighted by molar-refractivity contribution is -0.139. The third-order valence-corrected chi connectivity index (χ3v) is 8.33. The molecule has 2 bridgehead atoms. The Bertz CT molecular complexity index is 1520. The van der Waals surface area contributed by atoms with Crippen LogP contribution < -0.4 is 4.74 Å². The zero-order valence-corrected chi connectivity index (χ0v) is 21.1. The fraction of sp³-hybridized carbons (Fsp3) is 0.156. The van der Waals surface area contributed by atoms with E-state index in [1.807, 2.05) is 72.8 Å². The number of nitrogens with zero attached hydrogens (tertiary/aromatic N) is 2. The lowest BCUT2D eigenvalue weighted by Gasteiger charge is -2.45. The maximum Gasteiger partial charge on any atom is 0.254 e. The predicted molar refractivity (Wildman–Crippen MR) is 145 cm³/mol. The minimum absolute atomic E-state index is 0.143. The van der Waals surface area contributed by atoms with Crippen molar-refractivity contribution in [3.05, 3.63) is 135 Å². The quantitative estimate of drug-likeness (QED) is 0.235. The fourth-order valence-electron chi connectivity index (χ4n) is 6.36. The van der Waals surface area contributed by atoms with E-state index >= 15 is 0 Å². The predicted octanol–water partition coefficient (Wildman–Crippen LogP) is 6.15. The highest BCUT2D eigenvalue weighted by atomic mass is 35.5. The molecule has 4 aromatic rings. The molecule has 1 aliphatic heterocycles. The number of hydrazone groups is 1. The molecule has 0 saturated carbocycles. The third kappa shape index (κ3) is 3.50. The van der Waals surface area contributed by atoms with Gasteiger partial charge in [0.15, 0.2) is 0 Å². The van der Waals surface area contributed by atoms with Crippen molar-refractivity contribution in [2.75, 3.05) is 0 Å². The number of ether oxygens (including phenoxy) is 1. The van der Waals surface area contributed by atoms with Gasteiger partial charge in [0, 0.05) is 22.4 Å². The monoisotopic (exact) mass is 518 g/mol. The van der Waals surface area contributed by atoms with Gasteiger partial charge in [0.2, 0.25) is 0 Å². The summed E-state index contributed by atoms with van der Waals surface area (Å²) in [6, 6.07) is 31.3. The summed E-state index contributed by atoms with van der Waals surface area (Å²) < 4.78 is 5.92. The van der Waals surface area contributed by atoms with Crippen molar-refractivity contribution in [2.24, 2.45) is 16.9 Å². The van der Waals surface area contributed by atoms with Crippen molar-refractivity contribution >= 4 is 29.6 Å². The number of halogens is 1. The molecule has 1 fully saturated rings. The van der Waals surface area contributed by atoms with Gasteiger partial charge in [0.05, 0.1) is 18.1 Å². The number of carbonyl (C=O) groups is 2. The Hall–Kier alpha value is -4.22. The largest absolute Gasteiger partial charge is 0.489 e. The average molecular weight is 519 g/mol. The molecular weight excluding hydrogens is 496 g/mol. The number of benzene rings is 4. The first kappa shape index (κ1) is 22.9. The van der Waals surface area contributed by atoms with E-state index in [0.29, 0.717) is 17.4 Å². The van der Waals surface area contributed by atoms with Gasteiger partial charge in [0.25, 0.3) is 11.8 Å². The first-order valence-corrected chi connectivity index (χ1v) is 13.1. The summed E-state index contributed by atoms with van der Waals surface area (Å²) >= 11 is 6.24. The number of carbonyl (C=O) groups excluding carboxylic acids is 2. The molecule has 0 N–H and O–H groups in total. The van der Waals surface area contributed by atoms with Crippen LogP contribution in [0.5, 0.6) is 5.75 Å². The van der Waals surface area contributed by atoms with Gasteiger partial charge < -0.3 is 4.74 Å². The van der Waals surface area contributed by atoms with E-state index in [1.54, 1.807) is 6.21 Å². The lowest BCUT2D eigenvalue weighted by Crippen LogP contribution is -2.41. The molecule has 2 atom stereocenters. The molecule has 4 aliphatic rings. The summed E-state index contributed by atoms with van der Waals surface area (Å²) in [5, 5.41) is 6.14. The van der Waals surface area contributed by atoms with Crippen molar-refractivity contribution in [1.29, 1.82) is 0 Å². The Labute approximate surface area is 225 Å². The molecule has 0 radical (unpaired) electrons. The van der Waals surface area contributed by atoms with Gasteiger partial charge in [-0.2, -0.15) is 10.1 Å². The van der Waals surface area contributed by atoms with Crippen molar-refractivity contribution in [3.8, 4) is 5.75 Å². The van der Waals surface area contributed by atoms with E-state index in [-0.39, 0.29) is 23.7 Å². The molecular formula is C32H23ClN2O3. The standard InChI is InChI=1S/C32H23ClN2O3/c33-26-15-6-1-9-20(26)18-38-21-10-7-8-19(16-21)17-34-35-31(36)29-27-22-11-2-3-12-23(22)28(30(29)32(35)37)25-14-5-4-13-24(25)27/h1-17,27-30H,18H2/b34-17-/t27?,28?,29-,30-/m1/s1. The number of imide groups is 1. The molecule has 2 amide bonds. The van der Waals surface area contributed by atoms with E-state index < -0.39 is 11.8 Å². The number of hydrogen-bond acceptors (Lipinski definition) is 4. The Morgan fingerprint density at radius 3 is 1.87 bits per heavy atom. The Kier molecular flexibility index (Phi) is 5.41. The Balaban J connectivity index is 1.16. The highest BCUT2D eigenvalue weighted by Crippen LogP contribution is 2.60. The summed E-state index contributed by atoms with van der Waals surface area (Å²) in [4.78, 5) is 27.4. The Morgan fingerprint density at radius 2 is 1.29 bits per heavy atom. The summed E-state index contributed by atoms with van der Waals surface area (Å²) in [5.41, 5.74) is 6.20. The highest BCUT2D eigenvalue weighted by molar-refractivity contribution is 6.31. The van der Waals surface area contributed by atoms with Crippen LogP contribution in [0.15, 0.2) is 102 Å². The molecule has 4 aromatic carbocycles. The molecule has 186 valence electrons. The average Bonchev–Trinajstić information content (AvgIpc) is 3.21. The maximum absolute atomic E-state index is 13.7. The minimum atomic E-state index is -0.445. The van der Waals surface area contributed by atoms with Gasteiger partial charge in [-0.05, 0) is 46.0 Å². The van der Waals surface area contributed by atoms with Gasteiger partial charge in [-0.25, -0.2) is 0 Å². The van der Waals surface area contributed by atoms with Crippen molar-refractivity contribution < 1.29 is 14.3 Å². The van der Waals surface area contributed by atoms with Crippen LogP contribution in [0.25, 0.3) is 0 Å². The van der Waals surface area contributed by atoms with Crippen molar-refractivity contribution in [2.45, 2.75) is 18.4 Å². The van der Waals surface area contributed by atoms with Crippen LogP contribution in [0, 0.1) is 11.8 Å². The second-order valence-corrected chi connectivity index (χ2v) is 10.4. The van der Waals surface area contributed by atoms with Crippen molar-refractivity contribution in [3.63, 3.8) is 0 Å². The molecule has 38 heavy (non-hydrogen) atoms. The Morgan fingerprint density at radius 1 is 0.737 bits per heavy atom. The summed E-state index contributed by atoms with van der Waals surface area (Å²) in [5.74, 6) is -1.00. The number of rotatable bonds is 5. The second kappa shape index (κ2) is 8.96. The first-order valence-electron chi connectivity index (χ1n) is 12.7. The molecule has 5 nitrogen and oxygen atoms in total. The zero-order chi connectivity index (χ0) is 25.8. The number of amides is 2. The van der Waals surface area contributed by atoms with E-state index in [1.165, 1.54) is 0 Å². The van der Waals surface area contributed by atoms with Gasteiger partial charge in [-0.15, -0.1) is 0 Å². The van der Waals surface area contributed by atoms with Crippen LogP contribution in [0.2, 0.25) is 5.02 Å². The molecule has 1 heterocycles. The zero-order valence-electron chi connectivity index (χ0n) is 20.3. The van der Waals surface area contributed by atoms with Gasteiger partial charge >= 0.3 is 0 Å². The fourth-order valence-corrected chi connectivity index (χ4v) is 6.55. The van der Waals surface area contributed by atoms with Crippen LogP contribution in [-0.4, -0.2) is 23.0 Å². The van der Waals surface area contributed by atoms with E-state index in [9.17, 15) is 9.59 Å². The van der Waals surface area contributed by atoms with Crippen LogP contribution in [0.3, 0.4) is 0 Å². The normalized spacial score (nSPS) is 22.9. The third-order valence-electron chi connectivity index (χ3n) is 7.96. The molecule has 0 aromatic heterocycles. The second-order valence-electron chi connectivity index (χ2n) is 9.95. The lowest BCUT2D eigenvalue weighted by atomic mass is 9.55. The van der Waals surface area contributed by atoms with Gasteiger partial charge in [-0.3, -0.25) is 9.59 Å². The van der Waals surface area contributed by atoms with E-state index in [2.05, 4.69) is 29.4 Å². The summed E-state index contributed by atoms with van der Waals surface area (Å²) in [7, 11) is 0. The topological polar surface area (TPSA) is 59.0 Å². The molecule has 6 heteroatoms. The number of hydrogen-bond donors (Lipinski definition) is 0. The van der Waals surface area contributed by atoms with Crippen LogP contribution >= 0.6 is 11.6 Å². The molecule has 0 unspecified atom stereocenters. The van der Waals surface area contributed by atoms with Crippen LogP contribution in [0.4, 0.5) is 0 Å².